The maximum Gasteiger partial charge on any atom is 0.159 e. The van der Waals surface area contributed by atoms with Gasteiger partial charge in [-0.3, -0.25) is 0 Å². The molecule has 0 aliphatic heterocycles. The molecule has 0 aromatic heterocycles. The third-order valence-electron chi connectivity index (χ3n) is 2.07. The van der Waals surface area contributed by atoms with Crippen molar-refractivity contribution < 1.29 is 4.84 Å². The Labute approximate surface area is 94.0 Å². The number of para-hydroxylation sites is 1. The van der Waals surface area contributed by atoms with E-state index in [1.165, 1.54) is 5.17 Å². The molecule has 2 aromatic carbocycles. The highest BCUT2D eigenvalue weighted by Gasteiger charge is 2.02. The molecule has 0 bridgehead atoms. The average molecular weight is 215 g/mol. The Hall–Kier alpha value is -2.20. The van der Waals surface area contributed by atoms with Gasteiger partial charge in [0.25, 0.3) is 0 Å². The zero-order valence-corrected chi connectivity index (χ0v) is 8.71. The summed E-state index contributed by atoms with van der Waals surface area (Å²) in [6, 6.07) is 16.5. The summed E-state index contributed by atoms with van der Waals surface area (Å²) < 4.78 is 0. The van der Waals surface area contributed by atoms with Crippen LogP contribution in [0.15, 0.2) is 54.6 Å². The molecule has 0 unspecified atom stereocenters. The van der Waals surface area contributed by atoms with Crippen molar-refractivity contribution in [2.24, 2.45) is 5.84 Å². The van der Waals surface area contributed by atoms with Gasteiger partial charge in [0.05, 0.1) is 5.69 Å². The molecule has 2 aromatic rings. The maximum absolute atomic E-state index is 5.75. The van der Waals surface area contributed by atoms with E-state index in [9.17, 15) is 0 Å². The molecular formula is C12H13N3O. The van der Waals surface area contributed by atoms with Gasteiger partial charge in [0.15, 0.2) is 5.75 Å². The monoisotopic (exact) mass is 215 g/mol. The van der Waals surface area contributed by atoms with Crippen LogP contribution in [0.5, 0.6) is 5.75 Å². The van der Waals surface area contributed by atoms with Gasteiger partial charge in [-0.15, -0.1) is 5.17 Å². The first kappa shape index (κ1) is 10.3. The topological polar surface area (TPSA) is 64.5 Å². The van der Waals surface area contributed by atoms with Crippen LogP contribution in [0.25, 0.3) is 0 Å². The van der Waals surface area contributed by atoms with Gasteiger partial charge in [-0.25, -0.2) is 5.84 Å². The number of nitrogen functional groups attached to an aromatic ring is 1. The van der Waals surface area contributed by atoms with Crippen molar-refractivity contribution in [2.75, 3.05) is 10.9 Å². The predicted molar refractivity (Wildman–Crippen MR) is 64.6 cm³/mol. The van der Waals surface area contributed by atoms with E-state index in [-0.39, 0.29) is 0 Å². The Bertz CT molecular complexity index is 459. The Morgan fingerprint density at radius 2 is 1.69 bits per heavy atom. The predicted octanol–water partition coefficient (Wildman–Crippen LogP) is 1.94. The molecular weight excluding hydrogens is 202 g/mol. The van der Waals surface area contributed by atoms with E-state index in [4.69, 9.17) is 16.4 Å². The first-order valence-corrected chi connectivity index (χ1v) is 4.89. The van der Waals surface area contributed by atoms with Gasteiger partial charge in [-0.1, -0.05) is 24.3 Å². The Kier molecular flexibility index (Phi) is 2.93. The minimum absolute atomic E-state index is 0.603. The molecule has 0 aliphatic carbocycles. The Morgan fingerprint density at radius 1 is 0.938 bits per heavy atom. The summed E-state index contributed by atoms with van der Waals surface area (Å²) in [5.41, 5.74) is 7.04. The molecule has 0 aliphatic rings. The molecule has 0 atom stereocenters. The van der Waals surface area contributed by atoms with Crippen molar-refractivity contribution in [3.05, 3.63) is 54.6 Å². The fourth-order valence-corrected chi connectivity index (χ4v) is 1.31. The fraction of sp³-hybridized carbons (Fsp3) is 0. The van der Waals surface area contributed by atoms with Crippen LogP contribution in [-0.4, -0.2) is 0 Å². The molecule has 4 heteroatoms. The quantitative estimate of drug-likeness (QED) is 0.466. The van der Waals surface area contributed by atoms with E-state index in [1.807, 2.05) is 36.4 Å². The number of hydrazine groups is 1. The SMILES string of the molecule is Nc1cccc(ON(N)c2ccccc2)c1. The molecule has 0 radical (unpaired) electrons. The van der Waals surface area contributed by atoms with Gasteiger partial charge in [0.2, 0.25) is 0 Å². The van der Waals surface area contributed by atoms with Crippen LogP contribution >= 0.6 is 0 Å². The van der Waals surface area contributed by atoms with Crippen molar-refractivity contribution in [1.29, 1.82) is 0 Å². The summed E-state index contributed by atoms with van der Waals surface area (Å²) >= 11 is 0. The molecule has 4 nitrogen and oxygen atoms in total. The second-order valence-electron chi connectivity index (χ2n) is 3.33. The third-order valence-corrected chi connectivity index (χ3v) is 2.07. The van der Waals surface area contributed by atoms with Gasteiger partial charge in [0.1, 0.15) is 0 Å². The molecule has 0 saturated carbocycles. The van der Waals surface area contributed by atoms with Gasteiger partial charge in [-0.05, 0) is 24.3 Å². The van der Waals surface area contributed by atoms with Crippen LogP contribution < -0.4 is 21.6 Å². The summed E-state index contributed by atoms with van der Waals surface area (Å²) in [5, 5.41) is 1.20. The van der Waals surface area contributed by atoms with Crippen molar-refractivity contribution in [2.45, 2.75) is 0 Å². The zero-order chi connectivity index (χ0) is 11.4. The van der Waals surface area contributed by atoms with Crippen molar-refractivity contribution >= 4 is 11.4 Å². The van der Waals surface area contributed by atoms with Gasteiger partial charge >= 0.3 is 0 Å². The normalized spacial score (nSPS) is 9.81. The summed E-state index contributed by atoms with van der Waals surface area (Å²) in [6.45, 7) is 0. The molecule has 0 spiro atoms. The van der Waals surface area contributed by atoms with Crippen molar-refractivity contribution in [3.63, 3.8) is 0 Å². The number of hydrogen-bond acceptors (Lipinski definition) is 4. The highest BCUT2D eigenvalue weighted by molar-refractivity contribution is 5.46. The maximum atomic E-state index is 5.75. The lowest BCUT2D eigenvalue weighted by atomic mass is 10.3. The van der Waals surface area contributed by atoms with E-state index in [1.54, 1.807) is 18.2 Å². The largest absolute Gasteiger partial charge is 0.399 e. The molecule has 0 amide bonds. The third kappa shape index (κ3) is 2.43. The van der Waals surface area contributed by atoms with Crippen LogP contribution in [0, 0.1) is 0 Å². The molecule has 4 N–H and O–H groups in total. The van der Waals surface area contributed by atoms with E-state index in [0.29, 0.717) is 11.4 Å². The molecule has 82 valence electrons. The van der Waals surface area contributed by atoms with Gasteiger partial charge in [-0.2, -0.15) is 0 Å². The Morgan fingerprint density at radius 3 is 2.38 bits per heavy atom. The van der Waals surface area contributed by atoms with E-state index in [2.05, 4.69) is 0 Å². The second kappa shape index (κ2) is 4.55. The lowest BCUT2D eigenvalue weighted by molar-refractivity contribution is 0.282. The average Bonchev–Trinajstić information content (AvgIpc) is 2.30. The van der Waals surface area contributed by atoms with Crippen LogP contribution in [0.4, 0.5) is 11.4 Å². The smallest absolute Gasteiger partial charge is 0.159 e. The first-order chi connectivity index (χ1) is 7.75. The second-order valence-corrected chi connectivity index (χ2v) is 3.33. The highest BCUT2D eigenvalue weighted by atomic mass is 16.7. The van der Waals surface area contributed by atoms with Crippen molar-refractivity contribution in [3.8, 4) is 5.75 Å². The fourth-order valence-electron chi connectivity index (χ4n) is 1.31. The van der Waals surface area contributed by atoms with Crippen LogP contribution in [0.1, 0.15) is 0 Å². The first-order valence-electron chi connectivity index (χ1n) is 4.89. The van der Waals surface area contributed by atoms with E-state index < -0.39 is 0 Å². The van der Waals surface area contributed by atoms with Crippen LogP contribution in [0.2, 0.25) is 0 Å². The summed E-state index contributed by atoms with van der Waals surface area (Å²) in [4.78, 5) is 5.41. The molecule has 0 heterocycles. The Balaban J connectivity index is 2.11. The number of benzene rings is 2. The van der Waals surface area contributed by atoms with Crippen LogP contribution in [0.3, 0.4) is 0 Å². The summed E-state index contributed by atoms with van der Waals surface area (Å²) in [6.07, 6.45) is 0. The lowest BCUT2D eigenvalue weighted by Gasteiger charge is -2.18. The lowest BCUT2D eigenvalue weighted by Crippen LogP contribution is -2.34. The van der Waals surface area contributed by atoms with Gasteiger partial charge in [0, 0.05) is 11.8 Å². The summed E-state index contributed by atoms with van der Waals surface area (Å²) in [5.74, 6) is 6.35. The minimum atomic E-state index is 0.603. The number of rotatable bonds is 3. The summed E-state index contributed by atoms with van der Waals surface area (Å²) in [7, 11) is 0. The minimum Gasteiger partial charge on any atom is -0.399 e. The number of anilines is 2. The van der Waals surface area contributed by atoms with Crippen molar-refractivity contribution in [1.82, 2.24) is 0 Å². The number of nitrogens with two attached hydrogens (primary N) is 2. The van der Waals surface area contributed by atoms with E-state index in [0.717, 1.165) is 5.69 Å². The van der Waals surface area contributed by atoms with Crippen LogP contribution in [-0.2, 0) is 0 Å². The zero-order valence-electron chi connectivity index (χ0n) is 8.71. The standard InChI is InChI=1S/C12H13N3O/c13-10-5-4-8-12(9-10)16-15(14)11-6-2-1-3-7-11/h1-9H,13-14H2. The highest BCUT2D eigenvalue weighted by Crippen LogP contribution is 2.17. The molecule has 0 fully saturated rings. The molecule has 0 saturated heterocycles. The van der Waals surface area contributed by atoms with E-state index >= 15 is 0 Å². The molecule has 16 heavy (non-hydrogen) atoms. The number of nitrogens with zero attached hydrogens (tertiary/aromatic N) is 1. The van der Waals surface area contributed by atoms with Gasteiger partial charge < -0.3 is 10.6 Å². The number of hydrogen-bond donors (Lipinski definition) is 2. The molecule has 2 rings (SSSR count).